The summed E-state index contributed by atoms with van der Waals surface area (Å²) in [5.74, 6) is 1.58. The zero-order valence-electron chi connectivity index (χ0n) is 23.5. The first-order chi connectivity index (χ1) is 20.1. The molecule has 0 radical (unpaired) electrons. The molecule has 0 amide bonds. The Labute approximate surface area is 240 Å². The maximum Gasteiger partial charge on any atom is 0.501 e. The predicted molar refractivity (Wildman–Crippen MR) is 153 cm³/mol. The number of ketones is 1. The Morgan fingerprint density at radius 2 is 1.76 bits per heavy atom. The van der Waals surface area contributed by atoms with Crippen molar-refractivity contribution >= 4 is 20.7 Å². The van der Waals surface area contributed by atoms with Crippen molar-refractivity contribution in [3.63, 3.8) is 0 Å². The molecule has 6 rings (SSSR count). The Hall–Kier alpha value is -3.55. The first-order valence-electron chi connectivity index (χ1n) is 13.8. The number of hydrogen-bond acceptors (Lipinski definition) is 10. The molecule has 2 bridgehead atoms. The number of aryl methyl sites for hydroxylation is 1. The van der Waals surface area contributed by atoms with Gasteiger partial charge in [0.1, 0.15) is 29.5 Å². The van der Waals surface area contributed by atoms with Crippen molar-refractivity contribution < 1.29 is 32.3 Å². The van der Waals surface area contributed by atoms with E-state index in [1.54, 1.807) is 49.2 Å². The number of benzene rings is 2. The molecule has 0 spiro atoms. The van der Waals surface area contributed by atoms with E-state index in [1.807, 2.05) is 24.4 Å². The Kier molecular flexibility index (Phi) is 9.80. The molecule has 41 heavy (non-hydrogen) atoms. The largest absolute Gasteiger partial charge is 0.501 e. The third kappa shape index (κ3) is 7.60. The molecule has 11 nitrogen and oxygen atoms in total. The lowest BCUT2D eigenvalue weighted by atomic mass is 10.1. The van der Waals surface area contributed by atoms with E-state index in [0.29, 0.717) is 54.9 Å². The van der Waals surface area contributed by atoms with Gasteiger partial charge in [-0.1, -0.05) is 17.3 Å². The fraction of sp³-hybridized carbons (Fsp3) is 0.414. The van der Waals surface area contributed by atoms with Gasteiger partial charge in [-0.3, -0.25) is 14.4 Å². The van der Waals surface area contributed by atoms with Crippen molar-refractivity contribution in [2.24, 2.45) is 0 Å². The van der Waals surface area contributed by atoms with Gasteiger partial charge in [-0.25, -0.2) is 0 Å². The normalized spacial score (nSPS) is 20.8. The van der Waals surface area contributed by atoms with Crippen LogP contribution in [0.4, 0.5) is 0 Å². The van der Waals surface area contributed by atoms with Gasteiger partial charge in [0, 0.05) is 43.9 Å². The fourth-order valence-electron chi connectivity index (χ4n) is 4.80. The van der Waals surface area contributed by atoms with Gasteiger partial charge in [-0.2, -0.15) is 0 Å². The second-order valence-electron chi connectivity index (χ2n) is 9.74. The molecule has 3 aromatic rings. The van der Waals surface area contributed by atoms with E-state index in [4.69, 9.17) is 27.5 Å². The zero-order valence-corrected chi connectivity index (χ0v) is 24.5. The number of nitrogens with zero attached hydrogens (tertiary/aromatic N) is 4. The van der Waals surface area contributed by atoms with Crippen molar-refractivity contribution in [1.29, 1.82) is 0 Å². The molecule has 3 saturated heterocycles. The van der Waals surface area contributed by atoms with Crippen LogP contribution in [0.15, 0.2) is 54.7 Å². The van der Waals surface area contributed by atoms with E-state index in [9.17, 15) is 4.79 Å². The molecule has 1 aromatic heterocycles. The van der Waals surface area contributed by atoms with E-state index in [1.165, 1.54) is 6.08 Å². The van der Waals surface area contributed by atoms with E-state index in [2.05, 4.69) is 15.2 Å². The van der Waals surface area contributed by atoms with Gasteiger partial charge in [0.15, 0.2) is 5.78 Å². The summed E-state index contributed by atoms with van der Waals surface area (Å²) in [6.07, 6.45) is 5.89. The Morgan fingerprint density at radius 1 is 1.00 bits per heavy atom. The summed E-state index contributed by atoms with van der Waals surface area (Å²) in [6.45, 7) is 5.57. The molecule has 2 aromatic carbocycles. The molecule has 0 aliphatic carbocycles. The lowest BCUT2D eigenvalue weighted by Crippen LogP contribution is -2.55. The topological polar surface area (TPSA) is 106 Å². The first-order valence-corrected chi connectivity index (χ1v) is 15.7. The number of para-hydroxylation sites is 1. The molecule has 3 aliphatic heterocycles. The van der Waals surface area contributed by atoms with Gasteiger partial charge in [-0.15, -0.1) is 5.10 Å². The van der Waals surface area contributed by atoms with Gasteiger partial charge < -0.3 is 27.5 Å². The molecule has 3 aliphatic rings. The summed E-state index contributed by atoms with van der Waals surface area (Å²) in [4.78, 5) is 15.4. The highest BCUT2D eigenvalue weighted by atomic mass is 28.4. The summed E-state index contributed by atoms with van der Waals surface area (Å²) in [6, 6.07) is 13.3. The Bertz CT molecular complexity index is 1320. The summed E-state index contributed by atoms with van der Waals surface area (Å²) < 4.78 is 36.8. The lowest BCUT2D eigenvalue weighted by molar-refractivity contribution is -0.00869. The molecule has 4 heterocycles. The molecule has 3 fully saturated rings. The smallest absolute Gasteiger partial charge is 0.497 e. The van der Waals surface area contributed by atoms with E-state index in [0.717, 1.165) is 37.7 Å². The molecular formula is C29H36N4O7Si. The molecule has 218 valence electrons. The summed E-state index contributed by atoms with van der Waals surface area (Å²) >= 11 is 0. The van der Waals surface area contributed by atoms with E-state index >= 15 is 0 Å². The number of fused-ring (bicyclic) bond motifs is 6. The van der Waals surface area contributed by atoms with E-state index < -0.39 is 8.80 Å². The third-order valence-electron chi connectivity index (χ3n) is 7.03. The average Bonchev–Trinajstić information content (AvgIpc) is 3.42. The van der Waals surface area contributed by atoms with Crippen molar-refractivity contribution in [2.75, 3.05) is 53.7 Å². The van der Waals surface area contributed by atoms with Crippen LogP contribution in [0.25, 0.3) is 6.08 Å². The maximum atomic E-state index is 13.0. The quantitative estimate of drug-likeness (QED) is 0.180. The SMILES string of the molecule is COc1ccc(/C=C/C(=O)c2ccccc2OCc2cn(CCC[Si]34OCCN(CCO3)CCO4)nn2)c(OC)c1. The number of ether oxygens (including phenoxy) is 3. The Balaban J connectivity index is 1.15. The number of methoxy groups -OCH3 is 2. The number of carbonyl (C=O) groups excluding carboxylic acids is 1. The highest BCUT2D eigenvalue weighted by Gasteiger charge is 2.43. The van der Waals surface area contributed by atoms with Crippen molar-refractivity contribution in [1.82, 2.24) is 19.9 Å². The summed E-state index contributed by atoms with van der Waals surface area (Å²) in [7, 11) is 0.518. The van der Waals surface area contributed by atoms with Gasteiger partial charge in [0.2, 0.25) is 0 Å². The van der Waals surface area contributed by atoms with E-state index in [-0.39, 0.29) is 12.4 Å². The van der Waals surface area contributed by atoms with Crippen LogP contribution in [-0.2, 0) is 26.4 Å². The highest BCUT2D eigenvalue weighted by Crippen LogP contribution is 2.27. The monoisotopic (exact) mass is 580 g/mol. The van der Waals surface area contributed by atoms with Gasteiger partial charge >= 0.3 is 8.80 Å². The van der Waals surface area contributed by atoms with Crippen LogP contribution >= 0.6 is 0 Å². The van der Waals surface area contributed by atoms with Gasteiger partial charge in [0.25, 0.3) is 0 Å². The Morgan fingerprint density at radius 3 is 2.49 bits per heavy atom. The first kappa shape index (κ1) is 29.0. The van der Waals surface area contributed by atoms with Crippen molar-refractivity contribution in [2.45, 2.75) is 25.6 Å². The number of allylic oxidation sites excluding steroid dienone is 1. The van der Waals surface area contributed by atoms with Crippen LogP contribution in [0.1, 0.15) is 28.0 Å². The van der Waals surface area contributed by atoms with Crippen LogP contribution in [-0.4, -0.2) is 88.2 Å². The van der Waals surface area contributed by atoms with Crippen molar-refractivity contribution in [3.8, 4) is 17.2 Å². The van der Waals surface area contributed by atoms with Crippen LogP contribution in [0.3, 0.4) is 0 Å². The molecule has 0 saturated carbocycles. The maximum absolute atomic E-state index is 13.0. The molecule has 12 heteroatoms. The number of aromatic nitrogens is 3. The molecular weight excluding hydrogens is 544 g/mol. The minimum absolute atomic E-state index is 0.185. The number of rotatable bonds is 12. The standard InChI is InChI=1S/C29H36N4O7Si/c1-35-25-10-8-23(29(20-25)36-2)9-11-27(34)26-6-3-4-7-28(26)37-22-24-21-33(31-30-24)12-5-19-41-38-16-13-32(14-17-39-41)15-18-40-41/h3-4,6-11,20-21H,5,12-19,22H2,1-2H3/b11-9+. The molecule has 0 N–H and O–H groups in total. The zero-order chi connectivity index (χ0) is 28.5. The second kappa shape index (κ2) is 13.9. The number of hydrogen-bond donors (Lipinski definition) is 0. The number of carbonyl (C=O) groups is 1. The molecule has 0 unspecified atom stereocenters. The van der Waals surface area contributed by atoms with Gasteiger partial charge in [-0.05, 0) is 42.8 Å². The fourth-order valence-corrected chi connectivity index (χ4v) is 7.28. The van der Waals surface area contributed by atoms with Crippen LogP contribution < -0.4 is 14.2 Å². The average molecular weight is 581 g/mol. The molecule has 0 atom stereocenters. The van der Waals surface area contributed by atoms with Crippen LogP contribution in [0.5, 0.6) is 17.2 Å². The highest BCUT2D eigenvalue weighted by molar-refractivity contribution is 6.60. The lowest BCUT2D eigenvalue weighted by Gasteiger charge is -2.38. The second-order valence-corrected chi connectivity index (χ2v) is 12.5. The summed E-state index contributed by atoms with van der Waals surface area (Å²) in [5.41, 5.74) is 1.88. The summed E-state index contributed by atoms with van der Waals surface area (Å²) in [5, 5.41) is 8.49. The predicted octanol–water partition coefficient (Wildman–Crippen LogP) is 3.48. The minimum Gasteiger partial charge on any atom is -0.497 e. The third-order valence-corrected chi connectivity index (χ3v) is 9.93. The van der Waals surface area contributed by atoms with Crippen LogP contribution in [0.2, 0.25) is 6.04 Å². The minimum atomic E-state index is -2.65. The van der Waals surface area contributed by atoms with Gasteiger partial charge in [0.05, 0.1) is 45.8 Å². The van der Waals surface area contributed by atoms with Crippen LogP contribution in [0, 0.1) is 0 Å². The van der Waals surface area contributed by atoms with Crippen molar-refractivity contribution in [3.05, 3.63) is 71.6 Å².